The SMILES string of the molecule is C=CCn1c(SCc2ccc([N+](=O)[O-])cc2)nc2ccccc2c1=O. The standard InChI is InChI=1S/C18H15N3O3S/c1-2-11-20-17(22)15-5-3-4-6-16(15)19-18(20)25-12-13-7-9-14(10-8-13)21(23)24/h2-10H,1,11-12H2. The number of allylic oxidation sites excluding steroid dienone is 1. The van der Waals surface area contributed by atoms with Crippen molar-refractivity contribution in [1.29, 1.82) is 0 Å². The molecule has 0 aliphatic heterocycles. The molecule has 7 heteroatoms. The van der Waals surface area contributed by atoms with Gasteiger partial charge < -0.3 is 0 Å². The van der Waals surface area contributed by atoms with Crippen LogP contribution < -0.4 is 5.56 Å². The van der Waals surface area contributed by atoms with Gasteiger partial charge >= 0.3 is 0 Å². The second kappa shape index (κ2) is 7.31. The molecule has 0 saturated carbocycles. The summed E-state index contributed by atoms with van der Waals surface area (Å²) in [5.74, 6) is 0.555. The first-order chi connectivity index (χ1) is 12.1. The lowest BCUT2D eigenvalue weighted by atomic mass is 10.2. The van der Waals surface area contributed by atoms with E-state index in [1.54, 1.807) is 28.8 Å². The highest BCUT2D eigenvalue weighted by molar-refractivity contribution is 7.98. The van der Waals surface area contributed by atoms with E-state index < -0.39 is 4.92 Å². The van der Waals surface area contributed by atoms with Gasteiger partial charge in [-0.1, -0.05) is 42.1 Å². The fraction of sp³-hybridized carbons (Fsp3) is 0.111. The van der Waals surface area contributed by atoms with E-state index in [0.717, 1.165) is 5.56 Å². The lowest BCUT2D eigenvalue weighted by molar-refractivity contribution is -0.384. The van der Waals surface area contributed by atoms with Crippen molar-refractivity contribution in [1.82, 2.24) is 9.55 Å². The summed E-state index contributed by atoms with van der Waals surface area (Å²) in [6, 6.07) is 13.6. The summed E-state index contributed by atoms with van der Waals surface area (Å²) in [5, 5.41) is 11.9. The molecule has 0 unspecified atom stereocenters. The number of nitro benzene ring substituents is 1. The van der Waals surface area contributed by atoms with Crippen LogP contribution >= 0.6 is 11.8 Å². The second-order valence-electron chi connectivity index (χ2n) is 5.33. The maximum Gasteiger partial charge on any atom is 0.269 e. The molecule has 2 aromatic carbocycles. The van der Waals surface area contributed by atoms with E-state index in [0.29, 0.717) is 28.4 Å². The van der Waals surface area contributed by atoms with Gasteiger partial charge in [-0.25, -0.2) is 4.98 Å². The van der Waals surface area contributed by atoms with E-state index in [9.17, 15) is 14.9 Å². The molecule has 6 nitrogen and oxygen atoms in total. The highest BCUT2D eigenvalue weighted by Crippen LogP contribution is 2.23. The Hall–Kier alpha value is -2.93. The first kappa shape index (κ1) is 16.9. The molecule has 0 radical (unpaired) electrons. The number of aromatic nitrogens is 2. The number of thioether (sulfide) groups is 1. The molecule has 3 aromatic rings. The number of nitro groups is 1. The summed E-state index contributed by atoms with van der Waals surface area (Å²) in [7, 11) is 0. The summed E-state index contributed by atoms with van der Waals surface area (Å²) in [5.41, 5.74) is 1.53. The number of rotatable bonds is 6. The van der Waals surface area contributed by atoms with Crippen molar-refractivity contribution in [3.8, 4) is 0 Å². The summed E-state index contributed by atoms with van der Waals surface area (Å²) < 4.78 is 1.59. The Morgan fingerprint density at radius 1 is 1.20 bits per heavy atom. The normalized spacial score (nSPS) is 10.7. The van der Waals surface area contributed by atoms with Gasteiger partial charge in [0.15, 0.2) is 5.16 Å². The van der Waals surface area contributed by atoms with Crippen LogP contribution in [0.5, 0.6) is 0 Å². The molecule has 0 atom stereocenters. The molecular formula is C18H15N3O3S. The van der Waals surface area contributed by atoms with Crippen molar-refractivity contribution in [2.45, 2.75) is 17.5 Å². The molecule has 0 saturated heterocycles. The van der Waals surface area contributed by atoms with Crippen molar-refractivity contribution in [3.63, 3.8) is 0 Å². The van der Waals surface area contributed by atoms with Crippen LogP contribution in [0.1, 0.15) is 5.56 Å². The number of benzene rings is 2. The van der Waals surface area contributed by atoms with Crippen LogP contribution in [0.15, 0.2) is 71.1 Å². The van der Waals surface area contributed by atoms with Crippen molar-refractivity contribution in [3.05, 3.63) is 87.2 Å². The molecule has 0 fully saturated rings. The third-order valence-electron chi connectivity index (χ3n) is 3.65. The highest BCUT2D eigenvalue weighted by atomic mass is 32.2. The molecule has 1 heterocycles. The quantitative estimate of drug-likeness (QED) is 0.221. The number of non-ortho nitro benzene ring substituents is 1. The zero-order chi connectivity index (χ0) is 17.8. The minimum Gasteiger partial charge on any atom is -0.283 e. The van der Waals surface area contributed by atoms with E-state index in [-0.39, 0.29) is 11.2 Å². The van der Waals surface area contributed by atoms with Crippen molar-refractivity contribution >= 4 is 28.4 Å². The van der Waals surface area contributed by atoms with Crippen LogP contribution in [0, 0.1) is 10.1 Å². The molecule has 25 heavy (non-hydrogen) atoms. The molecule has 0 bridgehead atoms. The predicted molar refractivity (Wildman–Crippen MR) is 98.9 cm³/mol. The Morgan fingerprint density at radius 2 is 1.92 bits per heavy atom. The van der Waals surface area contributed by atoms with E-state index in [1.165, 1.54) is 23.9 Å². The van der Waals surface area contributed by atoms with Crippen LogP contribution in [0.2, 0.25) is 0 Å². The van der Waals surface area contributed by atoms with Gasteiger partial charge in [-0.3, -0.25) is 19.5 Å². The topological polar surface area (TPSA) is 78.0 Å². The fourth-order valence-electron chi connectivity index (χ4n) is 2.41. The first-order valence-electron chi connectivity index (χ1n) is 7.57. The van der Waals surface area contributed by atoms with Gasteiger partial charge in [0, 0.05) is 24.4 Å². The third kappa shape index (κ3) is 3.61. The van der Waals surface area contributed by atoms with Crippen LogP contribution in [-0.2, 0) is 12.3 Å². The van der Waals surface area contributed by atoms with E-state index in [2.05, 4.69) is 11.6 Å². The summed E-state index contributed by atoms with van der Waals surface area (Å²) in [6.45, 7) is 4.08. The number of nitrogens with zero attached hydrogens (tertiary/aromatic N) is 3. The van der Waals surface area contributed by atoms with Gasteiger partial charge in [-0.2, -0.15) is 0 Å². The Labute approximate surface area is 148 Å². The third-order valence-corrected chi connectivity index (χ3v) is 4.70. The maximum absolute atomic E-state index is 12.7. The van der Waals surface area contributed by atoms with Crippen LogP contribution in [0.25, 0.3) is 10.9 Å². The summed E-state index contributed by atoms with van der Waals surface area (Å²) in [6.07, 6.45) is 1.66. The molecule has 0 N–H and O–H groups in total. The van der Waals surface area contributed by atoms with Crippen molar-refractivity contribution < 1.29 is 4.92 Å². The Morgan fingerprint density at radius 3 is 2.60 bits per heavy atom. The Bertz CT molecular complexity index is 997. The highest BCUT2D eigenvalue weighted by Gasteiger charge is 2.11. The number of fused-ring (bicyclic) bond motifs is 1. The summed E-state index contributed by atoms with van der Waals surface area (Å²) in [4.78, 5) is 27.5. The number of hydrogen-bond donors (Lipinski definition) is 0. The average Bonchev–Trinajstić information content (AvgIpc) is 2.63. The minimum absolute atomic E-state index is 0.0566. The van der Waals surface area contributed by atoms with E-state index >= 15 is 0 Å². The van der Waals surface area contributed by atoms with Gasteiger partial charge in [0.2, 0.25) is 0 Å². The molecular weight excluding hydrogens is 338 g/mol. The number of para-hydroxylation sites is 1. The fourth-order valence-corrected chi connectivity index (χ4v) is 3.37. The molecule has 0 aliphatic carbocycles. The van der Waals surface area contributed by atoms with Crippen molar-refractivity contribution in [2.75, 3.05) is 0 Å². The van der Waals surface area contributed by atoms with E-state index in [4.69, 9.17) is 0 Å². The van der Waals surface area contributed by atoms with Crippen LogP contribution in [0.4, 0.5) is 5.69 Å². The molecule has 126 valence electrons. The minimum atomic E-state index is -0.427. The zero-order valence-corrected chi connectivity index (χ0v) is 14.1. The summed E-state index contributed by atoms with van der Waals surface area (Å²) >= 11 is 1.42. The first-order valence-corrected chi connectivity index (χ1v) is 8.55. The zero-order valence-electron chi connectivity index (χ0n) is 13.3. The van der Waals surface area contributed by atoms with Crippen LogP contribution in [-0.4, -0.2) is 14.5 Å². The van der Waals surface area contributed by atoms with Gasteiger partial charge in [0.05, 0.1) is 15.8 Å². The monoisotopic (exact) mass is 353 g/mol. The van der Waals surface area contributed by atoms with E-state index in [1.807, 2.05) is 18.2 Å². The van der Waals surface area contributed by atoms with Crippen molar-refractivity contribution in [2.24, 2.45) is 0 Å². The average molecular weight is 353 g/mol. The molecule has 1 aromatic heterocycles. The van der Waals surface area contributed by atoms with Gasteiger partial charge in [-0.05, 0) is 17.7 Å². The lowest BCUT2D eigenvalue weighted by Gasteiger charge is -2.11. The molecule has 0 aliphatic rings. The molecule has 3 rings (SSSR count). The second-order valence-corrected chi connectivity index (χ2v) is 6.27. The van der Waals surface area contributed by atoms with Gasteiger partial charge in [0.1, 0.15) is 0 Å². The molecule has 0 spiro atoms. The predicted octanol–water partition coefficient (Wildman–Crippen LogP) is 3.78. The molecule has 0 amide bonds. The van der Waals surface area contributed by atoms with Gasteiger partial charge in [-0.15, -0.1) is 6.58 Å². The smallest absolute Gasteiger partial charge is 0.269 e. The lowest BCUT2D eigenvalue weighted by Crippen LogP contribution is -2.22. The largest absolute Gasteiger partial charge is 0.283 e. The Balaban J connectivity index is 1.92. The number of hydrogen-bond acceptors (Lipinski definition) is 5. The Kier molecular flexibility index (Phi) is 4.95. The maximum atomic E-state index is 12.7. The van der Waals surface area contributed by atoms with Gasteiger partial charge in [0.25, 0.3) is 11.2 Å². The van der Waals surface area contributed by atoms with Crippen LogP contribution in [0.3, 0.4) is 0 Å².